The van der Waals surface area contributed by atoms with Crippen molar-refractivity contribution in [2.45, 2.75) is 44.7 Å². The minimum Gasteiger partial charge on any atom is -0.352 e. The number of hydrogen-bond acceptors (Lipinski definition) is 4. The van der Waals surface area contributed by atoms with Gasteiger partial charge in [-0.05, 0) is 55.5 Å². The van der Waals surface area contributed by atoms with E-state index in [1.165, 1.54) is 29.2 Å². The molecule has 2 atom stereocenters. The molecule has 1 aliphatic rings. The smallest absolute Gasteiger partial charge is 0.243 e. The van der Waals surface area contributed by atoms with Gasteiger partial charge < -0.3 is 10.6 Å². The molecular weight excluding hydrogens is 493 g/mol. The molecule has 0 bridgehead atoms. The quantitative estimate of drug-likeness (QED) is 0.441. The first-order valence-corrected chi connectivity index (χ1v) is 13.8. The van der Waals surface area contributed by atoms with Crippen molar-refractivity contribution < 1.29 is 23.0 Å². The molecule has 0 aliphatic heterocycles. The highest BCUT2D eigenvalue weighted by molar-refractivity contribution is 7.86. The average molecular weight is 524 g/mol. The van der Waals surface area contributed by atoms with Gasteiger partial charge in [-0.25, -0.2) is 4.39 Å². The Kier molecular flexibility index (Phi) is 8.66. The molecule has 1 aliphatic carbocycles. The molecule has 0 spiro atoms. The number of anilines is 2. The maximum Gasteiger partial charge on any atom is 0.243 e. The average Bonchev–Trinajstić information content (AvgIpc) is 3.38. The highest BCUT2D eigenvalue weighted by atomic mass is 32.2. The van der Waals surface area contributed by atoms with E-state index in [-0.39, 0.29) is 11.9 Å². The Balaban J connectivity index is 1.52. The Morgan fingerprint density at radius 2 is 1.65 bits per heavy atom. The Morgan fingerprint density at radius 3 is 2.38 bits per heavy atom. The number of carbonyl (C=O) groups is 3. The Morgan fingerprint density at radius 1 is 0.973 bits per heavy atom. The van der Waals surface area contributed by atoms with Crippen molar-refractivity contribution in [1.82, 2.24) is 5.32 Å². The highest BCUT2D eigenvalue weighted by Gasteiger charge is 2.31. The summed E-state index contributed by atoms with van der Waals surface area (Å²) in [5.41, 5.74) is 0.911. The predicted octanol–water partition coefficient (Wildman–Crippen LogP) is 4.15. The molecule has 0 radical (unpaired) electrons. The van der Waals surface area contributed by atoms with E-state index in [1.807, 2.05) is 36.4 Å². The molecule has 3 aromatic rings. The van der Waals surface area contributed by atoms with Crippen LogP contribution in [0.3, 0.4) is 0 Å². The van der Waals surface area contributed by atoms with Crippen LogP contribution in [0.25, 0.3) is 10.8 Å². The lowest BCUT2D eigenvalue weighted by Crippen LogP contribution is -2.51. The molecule has 0 heterocycles. The summed E-state index contributed by atoms with van der Waals surface area (Å²) in [6.07, 6.45) is 3.94. The van der Waals surface area contributed by atoms with Crippen molar-refractivity contribution in [1.29, 1.82) is 0 Å². The Hall–Kier alpha value is -3.59. The molecule has 4 rings (SSSR count). The second-order valence-electron chi connectivity index (χ2n) is 9.21. The van der Waals surface area contributed by atoms with Crippen molar-refractivity contribution in [2.75, 3.05) is 21.7 Å². The second-order valence-corrected chi connectivity index (χ2v) is 10.7. The summed E-state index contributed by atoms with van der Waals surface area (Å²) in [4.78, 5) is 40.5. The van der Waals surface area contributed by atoms with Crippen LogP contribution in [0.1, 0.15) is 32.6 Å². The van der Waals surface area contributed by atoms with Gasteiger partial charge in [0.1, 0.15) is 23.4 Å². The van der Waals surface area contributed by atoms with Crippen LogP contribution in [0.5, 0.6) is 0 Å². The molecule has 194 valence electrons. The largest absolute Gasteiger partial charge is 0.352 e. The molecule has 3 aromatic carbocycles. The van der Waals surface area contributed by atoms with Gasteiger partial charge in [0.05, 0.1) is 5.69 Å². The van der Waals surface area contributed by atoms with Gasteiger partial charge in [0, 0.05) is 27.9 Å². The van der Waals surface area contributed by atoms with E-state index in [0.717, 1.165) is 36.5 Å². The maximum atomic E-state index is 13.5. The summed E-state index contributed by atoms with van der Waals surface area (Å²) < 4.78 is 25.9. The molecule has 1 saturated carbocycles. The lowest BCUT2D eigenvalue weighted by Gasteiger charge is -2.30. The SMILES string of the molecule is C[C@H](C(=O)NC1CCCC1)N(C(=O)C[S@](=O)CC(=O)Nc1ccc(F)cc1)c1cccc2ccccc12. The monoisotopic (exact) mass is 523 g/mol. The van der Waals surface area contributed by atoms with Crippen LogP contribution in [0, 0.1) is 5.82 Å². The van der Waals surface area contributed by atoms with Gasteiger partial charge in [-0.2, -0.15) is 0 Å². The van der Waals surface area contributed by atoms with E-state index in [1.54, 1.807) is 13.0 Å². The normalized spacial score (nSPS) is 15.2. The van der Waals surface area contributed by atoms with Gasteiger partial charge >= 0.3 is 0 Å². The van der Waals surface area contributed by atoms with Crippen molar-refractivity contribution in [3.05, 3.63) is 72.5 Å². The zero-order valence-electron chi connectivity index (χ0n) is 20.6. The van der Waals surface area contributed by atoms with E-state index in [4.69, 9.17) is 0 Å². The van der Waals surface area contributed by atoms with Crippen LogP contribution in [-0.2, 0) is 25.2 Å². The Labute approximate surface area is 217 Å². The molecule has 9 heteroatoms. The van der Waals surface area contributed by atoms with Crippen LogP contribution >= 0.6 is 0 Å². The van der Waals surface area contributed by atoms with Gasteiger partial charge in [0.15, 0.2) is 0 Å². The molecule has 0 unspecified atom stereocenters. The molecule has 0 aromatic heterocycles. The first kappa shape index (κ1) is 26.5. The molecule has 37 heavy (non-hydrogen) atoms. The van der Waals surface area contributed by atoms with Crippen LogP contribution in [0.2, 0.25) is 0 Å². The van der Waals surface area contributed by atoms with Crippen LogP contribution in [-0.4, -0.2) is 45.5 Å². The van der Waals surface area contributed by atoms with Gasteiger partial charge in [-0.1, -0.05) is 49.2 Å². The minimum atomic E-state index is -1.83. The van der Waals surface area contributed by atoms with Crippen molar-refractivity contribution in [2.24, 2.45) is 0 Å². The van der Waals surface area contributed by atoms with E-state index in [0.29, 0.717) is 11.4 Å². The molecule has 7 nitrogen and oxygen atoms in total. The van der Waals surface area contributed by atoms with Crippen LogP contribution < -0.4 is 15.5 Å². The fourth-order valence-electron chi connectivity index (χ4n) is 4.62. The van der Waals surface area contributed by atoms with E-state index in [9.17, 15) is 23.0 Å². The van der Waals surface area contributed by atoms with Crippen molar-refractivity contribution in [3.63, 3.8) is 0 Å². The number of carbonyl (C=O) groups excluding carboxylic acids is 3. The number of fused-ring (bicyclic) bond motifs is 1. The first-order chi connectivity index (χ1) is 17.8. The third kappa shape index (κ3) is 6.80. The van der Waals surface area contributed by atoms with Crippen molar-refractivity contribution >= 4 is 50.7 Å². The summed E-state index contributed by atoms with van der Waals surface area (Å²) in [6.45, 7) is 1.66. The number of amides is 3. The summed E-state index contributed by atoms with van der Waals surface area (Å²) in [7, 11) is -1.83. The number of benzene rings is 3. The number of halogens is 1. The van der Waals surface area contributed by atoms with E-state index in [2.05, 4.69) is 10.6 Å². The Bertz CT molecular complexity index is 1300. The number of rotatable bonds is 9. The number of nitrogens with zero attached hydrogens (tertiary/aromatic N) is 1. The zero-order valence-corrected chi connectivity index (χ0v) is 21.4. The molecule has 0 saturated heterocycles. The van der Waals surface area contributed by atoms with Gasteiger partial charge in [-0.15, -0.1) is 0 Å². The number of nitrogens with one attached hydrogen (secondary N) is 2. The molecule has 2 N–H and O–H groups in total. The standard InChI is InChI=1S/C28H30FN3O4S/c1-19(28(35)31-22-9-3-4-10-22)32(25-12-6-8-20-7-2-5-11-24(20)25)27(34)18-37(36)17-26(33)30-23-15-13-21(29)14-16-23/h2,5-8,11-16,19,22H,3-4,9-10,17-18H2,1H3,(H,30,33)(H,31,35)/t19-,37-/m1/s1. The lowest BCUT2D eigenvalue weighted by atomic mass is 10.1. The third-order valence-electron chi connectivity index (χ3n) is 6.47. The molecular formula is C28H30FN3O4S. The fraction of sp³-hybridized carbons (Fsp3) is 0.321. The predicted molar refractivity (Wildman–Crippen MR) is 144 cm³/mol. The van der Waals surface area contributed by atoms with Gasteiger partial charge in [0.2, 0.25) is 17.7 Å². The van der Waals surface area contributed by atoms with Crippen LogP contribution in [0.4, 0.5) is 15.8 Å². The molecule has 3 amide bonds. The summed E-state index contributed by atoms with van der Waals surface area (Å²) >= 11 is 0. The van der Waals surface area contributed by atoms with E-state index < -0.39 is 46.0 Å². The topological polar surface area (TPSA) is 95.6 Å². The second kappa shape index (κ2) is 12.1. The third-order valence-corrected chi connectivity index (χ3v) is 7.62. The van der Waals surface area contributed by atoms with Gasteiger partial charge in [0.25, 0.3) is 0 Å². The number of hydrogen-bond donors (Lipinski definition) is 2. The lowest BCUT2D eigenvalue weighted by molar-refractivity contribution is -0.125. The highest BCUT2D eigenvalue weighted by Crippen LogP contribution is 2.29. The van der Waals surface area contributed by atoms with Crippen molar-refractivity contribution in [3.8, 4) is 0 Å². The molecule has 1 fully saturated rings. The minimum absolute atomic E-state index is 0.0868. The first-order valence-electron chi connectivity index (χ1n) is 12.3. The maximum absolute atomic E-state index is 13.5. The van der Waals surface area contributed by atoms with E-state index >= 15 is 0 Å². The summed E-state index contributed by atoms with van der Waals surface area (Å²) in [5.74, 6) is -2.62. The van der Waals surface area contributed by atoms with Crippen LogP contribution in [0.15, 0.2) is 66.7 Å². The fourth-order valence-corrected chi connectivity index (χ4v) is 5.50. The summed E-state index contributed by atoms with van der Waals surface area (Å²) in [5, 5.41) is 7.30. The summed E-state index contributed by atoms with van der Waals surface area (Å²) in [6, 6.07) is 17.5. The zero-order chi connectivity index (χ0) is 26.4. The van der Waals surface area contributed by atoms with Gasteiger partial charge in [-0.3, -0.25) is 23.5 Å².